The second kappa shape index (κ2) is 5.69. The van der Waals surface area contributed by atoms with E-state index in [1.165, 1.54) is 40.4 Å². The lowest BCUT2D eigenvalue weighted by molar-refractivity contribution is 0.174. The van der Waals surface area contributed by atoms with Crippen LogP contribution in [0.25, 0.3) is 16.5 Å². The molecule has 25 heavy (non-hydrogen) atoms. The molecule has 2 aliphatic rings. The van der Waals surface area contributed by atoms with Crippen LogP contribution in [0, 0.1) is 0 Å². The molecule has 0 amide bonds. The Bertz CT molecular complexity index is 983. The van der Waals surface area contributed by atoms with E-state index in [0.29, 0.717) is 12.7 Å². The van der Waals surface area contributed by atoms with Gasteiger partial charge < -0.3 is 14.0 Å². The Morgan fingerprint density at radius 3 is 2.88 bits per heavy atom. The van der Waals surface area contributed by atoms with Crippen LogP contribution in [0.2, 0.25) is 0 Å². The van der Waals surface area contributed by atoms with Gasteiger partial charge in [0.05, 0.1) is 0 Å². The average molecular weight is 331 g/mol. The molecule has 3 nitrogen and oxygen atoms in total. The van der Waals surface area contributed by atoms with E-state index in [2.05, 4.69) is 60.3 Å². The Balaban J connectivity index is 1.55. The van der Waals surface area contributed by atoms with Crippen LogP contribution in [-0.4, -0.2) is 11.4 Å². The summed E-state index contributed by atoms with van der Waals surface area (Å²) < 4.78 is 13.2. The first-order chi connectivity index (χ1) is 12.3. The van der Waals surface area contributed by atoms with Crippen LogP contribution in [0.1, 0.15) is 36.3 Å². The predicted molar refractivity (Wildman–Crippen MR) is 100 cm³/mol. The molecule has 3 heteroatoms. The summed E-state index contributed by atoms with van der Waals surface area (Å²) in [6.07, 6.45) is 8.31. The van der Waals surface area contributed by atoms with E-state index in [1.807, 2.05) is 6.07 Å². The molecule has 0 bridgehead atoms. The molecule has 1 aromatic heterocycles. The monoisotopic (exact) mass is 331 g/mol. The van der Waals surface area contributed by atoms with Crippen molar-refractivity contribution in [2.24, 2.45) is 7.05 Å². The first kappa shape index (κ1) is 14.6. The van der Waals surface area contributed by atoms with E-state index >= 15 is 0 Å². The summed E-state index contributed by atoms with van der Waals surface area (Å²) in [5, 5.41) is 1.37. The normalized spacial score (nSPS) is 19.2. The number of benzene rings is 2. The van der Waals surface area contributed by atoms with Gasteiger partial charge in [-0.1, -0.05) is 30.3 Å². The van der Waals surface area contributed by atoms with Crippen LogP contribution < -0.4 is 9.47 Å². The lowest BCUT2D eigenvalue weighted by atomic mass is 9.83. The van der Waals surface area contributed by atoms with E-state index in [9.17, 15) is 0 Å². The summed E-state index contributed by atoms with van der Waals surface area (Å²) in [5.41, 5.74) is 5.42. The summed E-state index contributed by atoms with van der Waals surface area (Å²) in [6.45, 7) is 0.330. The Morgan fingerprint density at radius 1 is 1.04 bits per heavy atom. The van der Waals surface area contributed by atoms with Crippen molar-refractivity contribution in [3.8, 4) is 11.5 Å². The van der Waals surface area contributed by atoms with Crippen LogP contribution in [0.3, 0.4) is 0 Å². The smallest absolute Gasteiger partial charge is 0.231 e. The molecule has 0 fully saturated rings. The summed E-state index contributed by atoms with van der Waals surface area (Å²) >= 11 is 0. The van der Waals surface area contributed by atoms with E-state index in [0.717, 1.165) is 17.9 Å². The molecule has 1 unspecified atom stereocenters. The second-order valence-electron chi connectivity index (χ2n) is 6.97. The van der Waals surface area contributed by atoms with Gasteiger partial charge in [0, 0.05) is 30.1 Å². The number of fused-ring (bicyclic) bond motifs is 2. The van der Waals surface area contributed by atoms with Gasteiger partial charge in [-0.2, -0.15) is 0 Å². The SMILES string of the molecule is Cn1cc(C2C=C(c3ccc4c(c3)OCO4)CCC2)c2ccccc21. The maximum absolute atomic E-state index is 5.55. The third kappa shape index (κ3) is 2.42. The quantitative estimate of drug-likeness (QED) is 0.639. The van der Waals surface area contributed by atoms with Gasteiger partial charge in [0.1, 0.15) is 0 Å². The van der Waals surface area contributed by atoms with Crippen LogP contribution in [0.4, 0.5) is 0 Å². The largest absolute Gasteiger partial charge is 0.454 e. The number of aryl methyl sites for hydroxylation is 1. The molecule has 0 saturated carbocycles. The highest BCUT2D eigenvalue weighted by Crippen LogP contribution is 2.41. The van der Waals surface area contributed by atoms with Crippen molar-refractivity contribution in [1.82, 2.24) is 4.57 Å². The second-order valence-corrected chi connectivity index (χ2v) is 6.97. The van der Waals surface area contributed by atoms with E-state index in [1.54, 1.807) is 0 Å². The first-order valence-corrected chi connectivity index (χ1v) is 8.94. The molecular weight excluding hydrogens is 310 g/mol. The number of nitrogens with zero attached hydrogens (tertiary/aromatic N) is 1. The van der Waals surface area contributed by atoms with Gasteiger partial charge >= 0.3 is 0 Å². The number of hydrogen-bond acceptors (Lipinski definition) is 2. The molecule has 126 valence electrons. The highest BCUT2D eigenvalue weighted by Gasteiger charge is 2.21. The Hall–Kier alpha value is -2.68. The maximum atomic E-state index is 5.55. The molecule has 2 heterocycles. The number of ether oxygens (including phenoxy) is 2. The number of para-hydroxylation sites is 1. The Kier molecular flexibility index (Phi) is 3.34. The highest BCUT2D eigenvalue weighted by atomic mass is 16.7. The van der Waals surface area contributed by atoms with Crippen molar-refractivity contribution in [3.05, 3.63) is 65.9 Å². The van der Waals surface area contributed by atoms with Gasteiger partial charge in [-0.15, -0.1) is 0 Å². The average Bonchev–Trinajstić information content (AvgIpc) is 3.26. The van der Waals surface area contributed by atoms with Crippen LogP contribution in [0.5, 0.6) is 11.5 Å². The zero-order valence-corrected chi connectivity index (χ0v) is 14.4. The highest BCUT2D eigenvalue weighted by molar-refractivity contribution is 5.85. The zero-order chi connectivity index (χ0) is 16.8. The third-order valence-electron chi connectivity index (χ3n) is 5.43. The molecule has 2 aromatic carbocycles. The van der Waals surface area contributed by atoms with Crippen molar-refractivity contribution >= 4 is 16.5 Å². The maximum Gasteiger partial charge on any atom is 0.231 e. The molecule has 0 saturated heterocycles. The van der Waals surface area contributed by atoms with Gasteiger partial charge in [0.25, 0.3) is 0 Å². The lowest BCUT2D eigenvalue weighted by Crippen LogP contribution is -2.03. The number of hydrogen-bond donors (Lipinski definition) is 0. The lowest BCUT2D eigenvalue weighted by Gasteiger charge is -2.21. The molecule has 1 aliphatic carbocycles. The minimum atomic E-state index is 0.330. The summed E-state index contributed by atoms with van der Waals surface area (Å²) in [5.74, 6) is 2.19. The van der Waals surface area contributed by atoms with Crippen LogP contribution in [-0.2, 0) is 7.05 Å². The summed E-state index contributed by atoms with van der Waals surface area (Å²) in [6, 6.07) is 15.0. The molecular formula is C22H21NO2. The number of aromatic nitrogens is 1. The molecule has 1 aliphatic heterocycles. The third-order valence-corrected chi connectivity index (χ3v) is 5.43. The Morgan fingerprint density at radius 2 is 1.92 bits per heavy atom. The fraction of sp³-hybridized carbons (Fsp3) is 0.273. The van der Waals surface area contributed by atoms with Crippen molar-refractivity contribution in [1.29, 1.82) is 0 Å². The predicted octanol–water partition coefficient (Wildman–Crippen LogP) is 5.26. The van der Waals surface area contributed by atoms with E-state index in [-0.39, 0.29) is 0 Å². The van der Waals surface area contributed by atoms with Crippen LogP contribution >= 0.6 is 0 Å². The standard InChI is InChI=1S/C22H21NO2/c1-23-13-19(18-7-2-3-8-20(18)23)17-6-4-5-15(11-17)16-9-10-21-22(12-16)25-14-24-21/h2-3,7-13,17H,4-6,14H2,1H3. The van der Waals surface area contributed by atoms with Crippen molar-refractivity contribution in [2.75, 3.05) is 6.79 Å². The molecule has 0 radical (unpaired) electrons. The molecule has 3 aromatic rings. The van der Waals surface area contributed by atoms with E-state index in [4.69, 9.17) is 9.47 Å². The van der Waals surface area contributed by atoms with Gasteiger partial charge in [-0.05, 0) is 54.2 Å². The van der Waals surface area contributed by atoms with Crippen molar-refractivity contribution in [2.45, 2.75) is 25.2 Å². The molecule has 0 N–H and O–H groups in total. The molecule has 5 rings (SSSR count). The van der Waals surface area contributed by atoms with Gasteiger partial charge in [-0.25, -0.2) is 0 Å². The first-order valence-electron chi connectivity index (χ1n) is 8.94. The van der Waals surface area contributed by atoms with E-state index < -0.39 is 0 Å². The number of rotatable bonds is 2. The minimum Gasteiger partial charge on any atom is -0.454 e. The molecule has 0 spiro atoms. The fourth-order valence-corrected chi connectivity index (χ4v) is 4.17. The fourth-order valence-electron chi connectivity index (χ4n) is 4.17. The van der Waals surface area contributed by atoms with Crippen LogP contribution in [0.15, 0.2) is 54.7 Å². The van der Waals surface area contributed by atoms with Crippen molar-refractivity contribution in [3.63, 3.8) is 0 Å². The van der Waals surface area contributed by atoms with Gasteiger partial charge in [0.2, 0.25) is 6.79 Å². The van der Waals surface area contributed by atoms with Gasteiger partial charge in [0.15, 0.2) is 11.5 Å². The summed E-state index contributed by atoms with van der Waals surface area (Å²) in [4.78, 5) is 0. The van der Waals surface area contributed by atoms with Crippen molar-refractivity contribution < 1.29 is 9.47 Å². The minimum absolute atomic E-state index is 0.330. The summed E-state index contributed by atoms with van der Waals surface area (Å²) in [7, 11) is 2.14. The van der Waals surface area contributed by atoms with Gasteiger partial charge in [-0.3, -0.25) is 0 Å². The number of allylic oxidation sites excluding steroid dienone is 2. The Labute approximate surface area is 147 Å². The topological polar surface area (TPSA) is 23.4 Å². The zero-order valence-electron chi connectivity index (χ0n) is 14.4. The molecule has 1 atom stereocenters.